The summed E-state index contributed by atoms with van der Waals surface area (Å²) >= 11 is 0. The smallest absolute Gasteiger partial charge is 0.338 e. The van der Waals surface area contributed by atoms with Gasteiger partial charge in [0.2, 0.25) is 0 Å². The van der Waals surface area contributed by atoms with Crippen LogP contribution in [0.15, 0.2) is 11.6 Å². The molecule has 1 N–H and O–H groups in total. The average Bonchev–Trinajstić information content (AvgIpc) is 2.28. The minimum atomic E-state index is -1.81. The standard InChI is InChI=1S/C13H22O5/c1-5-18-12(15)13(16,9-11(14)17-4)8-6-7-10(2)3/h7,16H,5-6,8-9H2,1-4H3/t13-/m0/s1. The summed E-state index contributed by atoms with van der Waals surface area (Å²) < 4.78 is 9.27. The van der Waals surface area contributed by atoms with E-state index in [0.29, 0.717) is 6.42 Å². The second-order valence-electron chi connectivity index (χ2n) is 4.33. The topological polar surface area (TPSA) is 72.8 Å². The van der Waals surface area contributed by atoms with E-state index in [1.54, 1.807) is 6.92 Å². The van der Waals surface area contributed by atoms with Crippen molar-refractivity contribution < 1.29 is 24.2 Å². The summed E-state index contributed by atoms with van der Waals surface area (Å²) in [5.74, 6) is -1.42. The van der Waals surface area contributed by atoms with Gasteiger partial charge in [-0.3, -0.25) is 4.79 Å². The Morgan fingerprint density at radius 3 is 2.39 bits per heavy atom. The normalized spacial score (nSPS) is 13.4. The molecule has 5 heteroatoms. The highest BCUT2D eigenvalue weighted by atomic mass is 16.6. The van der Waals surface area contributed by atoms with Crippen LogP contribution in [0.5, 0.6) is 0 Å². The van der Waals surface area contributed by atoms with E-state index in [1.165, 1.54) is 7.11 Å². The number of rotatable bonds is 7. The molecular weight excluding hydrogens is 236 g/mol. The molecule has 0 aliphatic carbocycles. The van der Waals surface area contributed by atoms with Crippen molar-refractivity contribution in [2.75, 3.05) is 13.7 Å². The van der Waals surface area contributed by atoms with E-state index in [9.17, 15) is 14.7 Å². The molecule has 104 valence electrons. The first kappa shape index (κ1) is 16.6. The van der Waals surface area contributed by atoms with E-state index < -0.39 is 17.5 Å². The Hall–Kier alpha value is -1.36. The molecule has 1 atom stereocenters. The van der Waals surface area contributed by atoms with Gasteiger partial charge < -0.3 is 14.6 Å². The number of carbonyl (C=O) groups excluding carboxylic acids is 2. The molecule has 0 aliphatic rings. The van der Waals surface area contributed by atoms with Crippen molar-refractivity contribution in [1.29, 1.82) is 0 Å². The summed E-state index contributed by atoms with van der Waals surface area (Å²) in [6.45, 7) is 5.64. The number of hydrogen-bond donors (Lipinski definition) is 1. The third kappa shape index (κ3) is 5.82. The highest BCUT2D eigenvalue weighted by Crippen LogP contribution is 2.21. The minimum absolute atomic E-state index is 0.131. The SMILES string of the molecule is CCOC(=O)[C@](O)(CCC=C(C)C)CC(=O)OC. The van der Waals surface area contributed by atoms with Crippen LogP contribution >= 0.6 is 0 Å². The molecule has 0 amide bonds. The fraction of sp³-hybridized carbons (Fsp3) is 0.692. The maximum absolute atomic E-state index is 11.7. The minimum Gasteiger partial charge on any atom is -0.469 e. The maximum Gasteiger partial charge on any atom is 0.338 e. The quantitative estimate of drug-likeness (QED) is 0.554. The Bertz CT molecular complexity index is 317. The van der Waals surface area contributed by atoms with Gasteiger partial charge in [0.15, 0.2) is 5.60 Å². The first-order chi connectivity index (χ1) is 8.35. The first-order valence-electron chi connectivity index (χ1n) is 5.95. The molecule has 0 rings (SSSR count). The Morgan fingerprint density at radius 2 is 1.94 bits per heavy atom. The molecule has 0 aromatic heterocycles. The molecule has 0 saturated carbocycles. The van der Waals surface area contributed by atoms with Crippen molar-refractivity contribution in [2.24, 2.45) is 0 Å². The van der Waals surface area contributed by atoms with E-state index in [1.807, 2.05) is 19.9 Å². The second kappa shape index (κ2) is 7.87. The van der Waals surface area contributed by atoms with Crippen molar-refractivity contribution in [3.05, 3.63) is 11.6 Å². The van der Waals surface area contributed by atoms with Gasteiger partial charge in [0.25, 0.3) is 0 Å². The van der Waals surface area contributed by atoms with Gasteiger partial charge in [-0.05, 0) is 33.6 Å². The van der Waals surface area contributed by atoms with E-state index in [0.717, 1.165) is 5.57 Å². The number of methoxy groups -OCH3 is 1. The predicted molar refractivity (Wildman–Crippen MR) is 66.9 cm³/mol. The highest BCUT2D eigenvalue weighted by molar-refractivity contribution is 5.85. The Morgan fingerprint density at radius 1 is 1.33 bits per heavy atom. The molecule has 0 bridgehead atoms. The van der Waals surface area contributed by atoms with Gasteiger partial charge in [-0.25, -0.2) is 4.79 Å². The third-order valence-corrected chi connectivity index (χ3v) is 2.43. The van der Waals surface area contributed by atoms with Crippen LogP contribution in [-0.4, -0.2) is 36.4 Å². The highest BCUT2D eigenvalue weighted by Gasteiger charge is 2.39. The lowest BCUT2D eigenvalue weighted by Gasteiger charge is -2.24. The Labute approximate surface area is 108 Å². The average molecular weight is 258 g/mol. The second-order valence-corrected chi connectivity index (χ2v) is 4.33. The van der Waals surface area contributed by atoms with Gasteiger partial charge in [-0.1, -0.05) is 11.6 Å². The largest absolute Gasteiger partial charge is 0.469 e. The fourth-order valence-corrected chi connectivity index (χ4v) is 1.44. The van der Waals surface area contributed by atoms with Crippen molar-refractivity contribution in [3.63, 3.8) is 0 Å². The molecule has 0 saturated heterocycles. The molecule has 0 unspecified atom stereocenters. The van der Waals surface area contributed by atoms with Crippen LogP contribution in [0.3, 0.4) is 0 Å². The number of ether oxygens (including phenoxy) is 2. The molecule has 0 heterocycles. The van der Waals surface area contributed by atoms with Crippen LogP contribution in [0.25, 0.3) is 0 Å². The van der Waals surface area contributed by atoms with Gasteiger partial charge in [-0.2, -0.15) is 0 Å². The molecule has 0 aromatic rings. The number of esters is 2. The van der Waals surface area contributed by atoms with Crippen LogP contribution in [-0.2, 0) is 19.1 Å². The van der Waals surface area contributed by atoms with Crippen molar-refractivity contribution in [3.8, 4) is 0 Å². The lowest BCUT2D eigenvalue weighted by Crippen LogP contribution is -2.42. The van der Waals surface area contributed by atoms with E-state index in [-0.39, 0.29) is 19.4 Å². The molecular formula is C13H22O5. The zero-order chi connectivity index (χ0) is 14.2. The molecule has 0 aromatic carbocycles. The van der Waals surface area contributed by atoms with Gasteiger partial charge >= 0.3 is 11.9 Å². The van der Waals surface area contributed by atoms with Crippen molar-refractivity contribution in [2.45, 2.75) is 45.6 Å². The molecule has 0 fully saturated rings. The number of hydrogen-bond acceptors (Lipinski definition) is 5. The lowest BCUT2D eigenvalue weighted by atomic mass is 9.93. The van der Waals surface area contributed by atoms with Gasteiger partial charge in [-0.15, -0.1) is 0 Å². The zero-order valence-electron chi connectivity index (χ0n) is 11.5. The summed E-state index contributed by atoms with van der Waals surface area (Å²) in [7, 11) is 1.21. The van der Waals surface area contributed by atoms with Crippen molar-refractivity contribution >= 4 is 11.9 Å². The van der Waals surface area contributed by atoms with Crippen LogP contribution in [0, 0.1) is 0 Å². The summed E-state index contributed by atoms with van der Waals surface area (Å²) in [4.78, 5) is 22.9. The van der Waals surface area contributed by atoms with Gasteiger partial charge in [0.05, 0.1) is 20.1 Å². The third-order valence-electron chi connectivity index (χ3n) is 2.43. The van der Waals surface area contributed by atoms with E-state index in [2.05, 4.69) is 4.74 Å². The monoisotopic (exact) mass is 258 g/mol. The predicted octanol–water partition coefficient (Wildman–Crippen LogP) is 1.59. The van der Waals surface area contributed by atoms with E-state index >= 15 is 0 Å². The van der Waals surface area contributed by atoms with Crippen LogP contribution in [0.1, 0.15) is 40.0 Å². The summed E-state index contributed by atoms with van der Waals surface area (Å²) in [6, 6.07) is 0. The van der Waals surface area contributed by atoms with Gasteiger partial charge in [0.1, 0.15) is 0 Å². The zero-order valence-corrected chi connectivity index (χ0v) is 11.5. The Kier molecular flexibility index (Phi) is 7.27. The van der Waals surface area contributed by atoms with Crippen LogP contribution in [0.2, 0.25) is 0 Å². The summed E-state index contributed by atoms with van der Waals surface area (Å²) in [6.07, 6.45) is 2.13. The van der Waals surface area contributed by atoms with Crippen LogP contribution < -0.4 is 0 Å². The van der Waals surface area contributed by atoms with Crippen molar-refractivity contribution in [1.82, 2.24) is 0 Å². The molecule has 5 nitrogen and oxygen atoms in total. The summed E-state index contributed by atoms with van der Waals surface area (Å²) in [5, 5.41) is 10.2. The molecule has 0 aliphatic heterocycles. The number of carbonyl (C=O) groups is 2. The van der Waals surface area contributed by atoms with Crippen LogP contribution in [0.4, 0.5) is 0 Å². The maximum atomic E-state index is 11.7. The molecule has 18 heavy (non-hydrogen) atoms. The van der Waals surface area contributed by atoms with Gasteiger partial charge in [0, 0.05) is 0 Å². The number of aliphatic hydroxyl groups is 1. The Balaban J connectivity index is 4.73. The number of allylic oxidation sites excluding steroid dienone is 2. The molecule has 0 radical (unpaired) electrons. The first-order valence-corrected chi connectivity index (χ1v) is 5.95. The lowest BCUT2D eigenvalue weighted by molar-refractivity contribution is -0.172. The fourth-order valence-electron chi connectivity index (χ4n) is 1.44. The summed E-state index contributed by atoms with van der Waals surface area (Å²) in [5.41, 5.74) is -0.728. The molecule has 0 spiro atoms. The van der Waals surface area contributed by atoms with E-state index in [4.69, 9.17) is 4.74 Å².